The number of nitrogen functional groups attached to an aromatic ring is 1. The monoisotopic (exact) mass is 285 g/mol. The van der Waals surface area contributed by atoms with Gasteiger partial charge in [0.25, 0.3) is 0 Å². The first-order valence-electron chi connectivity index (χ1n) is 5.49. The minimum atomic E-state index is -5.69. The highest BCUT2D eigenvalue weighted by atomic mass is 19.4. The summed E-state index contributed by atoms with van der Waals surface area (Å²) < 4.78 is 68.8. The van der Waals surface area contributed by atoms with Gasteiger partial charge in [-0.2, -0.15) is 27.1 Å². The summed E-state index contributed by atoms with van der Waals surface area (Å²) in [6.07, 6.45) is -4.76. The number of hydrogen-bond donors (Lipinski definition) is 1. The van der Waals surface area contributed by atoms with E-state index in [0.29, 0.717) is 18.9 Å². The van der Waals surface area contributed by atoms with Gasteiger partial charge in [0.15, 0.2) is 0 Å². The molecule has 1 aromatic rings. The van der Waals surface area contributed by atoms with E-state index in [9.17, 15) is 22.0 Å². The molecule has 0 aromatic carbocycles. The van der Waals surface area contributed by atoms with Gasteiger partial charge < -0.3 is 10.5 Å². The highest BCUT2D eigenvalue weighted by Gasteiger charge is 2.60. The van der Waals surface area contributed by atoms with E-state index in [1.165, 1.54) is 7.11 Å². The van der Waals surface area contributed by atoms with Crippen molar-refractivity contribution in [2.75, 3.05) is 12.8 Å². The Kier molecular flexibility index (Phi) is 3.20. The molecule has 4 nitrogen and oxygen atoms in total. The summed E-state index contributed by atoms with van der Waals surface area (Å²) >= 11 is 0. The molecule has 0 unspecified atom stereocenters. The average Bonchev–Trinajstić information content (AvgIpc) is 2.58. The number of aromatic nitrogens is 2. The Morgan fingerprint density at radius 2 is 1.89 bits per heavy atom. The van der Waals surface area contributed by atoms with Gasteiger partial charge in [0, 0.05) is 13.2 Å². The first kappa shape index (κ1) is 14.0. The highest BCUT2D eigenvalue weighted by molar-refractivity contribution is 5.34. The number of rotatable bonds is 3. The fourth-order valence-corrected chi connectivity index (χ4v) is 1.93. The lowest BCUT2D eigenvalue weighted by atomic mass is 9.89. The number of nitrogens with two attached hydrogens (primary N) is 1. The van der Waals surface area contributed by atoms with Crippen LogP contribution in [0.5, 0.6) is 0 Å². The largest absolute Gasteiger partial charge is 0.459 e. The van der Waals surface area contributed by atoms with E-state index in [4.69, 9.17) is 10.5 Å². The van der Waals surface area contributed by atoms with E-state index in [-0.39, 0.29) is 18.0 Å². The standard InChI is InChI=1S/C10H12F5N3O/c1-19-6-2-5(3-6)18-8(16)4-7(17-18)9(11,12)10(13,14)15/h4-6H,2-3,16H2,1H3/t5-,6-. The van der Waals surface area contributed by atoms with E-state index < -0.39 is 17.8 Å². The molecule has 0 atom stereocenters. The molecule has 2 N–H and O–H groups in total. The second kappa shape index (κ2) is 4.32. The van der Waals surface area contributed by atoms with Crippen LogP contribution in [0.1, 0.15) is 24.6 Å². The van der Waals surface area contributed by atoms with Crippen LogP contribution < -0.4 is 5.73 Å². The third kappa shape index (κ3) is 2.26. The normalized spacial score (nSPS) is 24.3. The molecule has 1 aliphatic rings. The number of ether oxygens (including phenoxy) is 1. The fourth-order valence-electron chi connectivity index (χ4n) is 1.93. The molecule has 108 valence electrons. The Labute approximate surface area is 105 Å². The second-order valence-corrected chi connectivity index (χ2v) is 4.45. The van der Waals surface area contributed by atoms with Gasteiger partial charge in [0.1, 0.15) is 11.5 Å². The number of methoxy groups -OCH3 is 1. The van der Waals surface area contributed by atoms with Crippen LogP contribution in [0.4, 0.5) is 27.8 Å². The third-order valence-electron chi connectivity index (χ3n) is 3.19. The minimum absolute atomic E-state index is 0.0415. The first-order valence-corrected chi connectivity index (χ1v) is 5.49. The lowest BCUT2D eigenvalue weighted by Crippen LogP contribution is -2.36. The summed E-state index contributed by atoms with van der Waals surface area (Å²) in [5.74, 6) is -5.21. The van der Waals surface area contributed by atoms with Crippen LogP contribution in [-0.4, -0.2) is 29.2 Å². The lowest BCUT2D eigenvalue weighted by molar-refractivity contribution is -0.291. The van der Waals surface area contributed by atoms with Crippen LogP contribution in [-0.2, 0) is 10.7 Å². The van der Waals surface area contributed by atoms with Crippen LogP contribution in [0.3, 0.4) is 0 Å². The van der Waals surface area contributed by atoms with Crippen LogP contribution in [0.15, 0.2) is 6.07 Å². The van der Waals surface area contributed by atoms with Gasteiger partial charge in [0.2, 0.25) is 0 Å². The Balaban J connectivity index is 2.23. The van der Waals surface area contributed by atoms with Crippen molar-refractivity contribution in [2.45, 2.75) is 37.1 Å². The van der Waals surface area contributed by atoms with Crippen molar-refractivity contribution >= 4 is 5.82 Å². The van der Waals surface area contributed by atoms with Crippen molar-refractivity contribution in [3.05, 3.63) is 11.8 Å². The van der Waals surface area contributed by atoms with Crippen LogP contribution in [0, 0.1) is 0 Å². The molecular formula is C10H12F5N3O. The quantitative estimate of drug-likeness (QED) is 0.868. The maximum Gasteiger partial charge on any atom is 0.459 e. The van der Waals surface area contributed by atoms with Gasteiger partial charge in [-0.15, -0.1) is 0 Å². The van der Waals surface area contributed by atoms with Gasteiger partial charge in [-0.05, 0) is 12.8 Å². The van der Waals surface area contributed by atoms with Crippen molar-refractivity contribution in [2.24, 2.45) is 0 Å². The van der Waals surface area contributed by atoms with Crippen molar-refractivity contribution in [3.8, 4) is 0 Å². The number of alkyl halides is 5. The third-order valence-corrected chi connectivity index (χ3v) is 3.19. The molecule has 1 heterocycles. The topological polar surface area (TPSA) is 53.1 Å². The Morgan fingerprint density at radius 1 is 1.32 bits per heavy atom. The second-order valence-electron chi connectivity index (χ2n) is 4.45. The molecule has 0 spiro atoms. The van der Waals surface area contributed by atoms with E-state index in [2.05, 4.69) is 5.10 Å². The van der Waals surface area contributed by atoms with Crippen molar-refractivity contribution < 1.29 is 26.7 Å². The first-order chi connectivity index (χ1) is 8.66. The van der Waals surface area contributed by atoms with Crippen LogP contribution in [0.25, 0.3) is 0 Å². The maximum atomic E-state index is 13.1. The molecule has 1 fully saturated rings. The Hall–Kier alpha value is -1.38. The van der Waals surface area contributed by atoms with Crippen LogP contribution >= 0.6 is 0 Å². The zero-order chi connectivity index (χ0) is 14.4. The molecule has 2 rings (SSSR count). The number of anilines is 1. The van der Waals surface area contributed by atoms with E-state index in [1.807, 2.05) is 0 Å². The Morgan fingerprint density at radius 3 is 2.37 bits per heavy atom. The molecular weight excluding hydrogens is 273 g/mol. The number of nitrogens with zero attached hydrogens (tertiary/aromatic N) is 2. The van der Waals surface area contributed by atoms with E-state index >= 15 is 0 Å². The molecule has 0 saturated heterocycles. The molecule has 0 radical (unpaired) electrons. The van der Waals surface area contributed by atoms with Gasteiger partial charge in [0.05, 0.1) is 12.1 Å². The summed E-state index contributed by atoms with van der Waals surface area (Å²) in [6.45, 7) is 0. The molecule has 0 aliphatic heterocycles. The predicted octanol–water partition coefficient (Wildman–Crippen LogP) is 2.47. The Bertz CT molecular complexity index is 464. The summed E-state index contributed by atoms with van der Waals surface area (Å²) in [6, 6.07) is 0.260. The van der Waals surface area contributed by atoms with Gasteiger partial charge in [-0.1, -0.05) is 0 Å². The summed E-state index contributed by atoms with van der Waals surface area (Å²) in [5, 5.41) is 3.30. The van der Waals surface area contributed by atoms with E-state index in [1.54, 1.807) is 0 Å². The molecule has 0 amide bonds. The number of hydrogen-bond acceptors (Lipinski definition) is 3. The van der Waals surface area contributed by atoms with Crippen molar-refractivity contribution in [1.82, 2.24) is 9.78 Å². The average molecular weight is 285 g/mol. The summed E-state index contributed by atoms with van der Waals surface area (Å²) in [5.41, 5.74) is 4.06. The molecule has 9 heteroatoms. The zero-order valence-corrected chi connectivity index (χ0v) is 9.92. The number of halogens is 5. The summed E-state index contributed by atoms with van der Waals surface area (Å²) in [7, 11) is 1.50. The fraction of sp³-hybridized carbons (Fsp3) is 0.700. The zero-order valence-electron chi connectivity index (χ0n) is 9.92. The molecule has 19 heavy (non-hydrogen) atoms. The molecule has 1 saturated carbocycles. The minimum Gasteiger partial charge on any atom is -0.384 e. The highest BCUT2D eigenvalue weighted by Crippen LogP contribution is 2.44. The van der Waals surface area contributed by atoms with Gasteiger partial charge in [-0.3, -0.25) is 0 Å². The van der Waals surface area contributed by atoms with Crippen LogP contribution in [0.2, 0.25) is 0 Å². The molecule has 1 aliphatic carbocycles. The molecule has 1 aromatic heterocycles. The SMILES string of the molecule is CO[C@H]1C[C@H](n2nc(C(F)(F)C(F)(F)F)cc2N)C1. The smallest absolute Gasteiger partial charge is 0.384 e. The van der Waals surface area contributed by atoms with Gasteiger partial charge in [-0.25, -0.2) is 4.68 Å². The van der Waals surface area contributed by atoms with Crippen molar-refractivity contribution in [1.29, 1.82) is 0 Å². The summed E-state index contributed by atoms with van der Waals surface area (Å²) in [4.78, 5) is 0. The maximum absolute atomic E-state index is 13.1. The van der Waals surface area contributed by atoms with E-state index in [0.717, 1.165) is 4.68 Å². The van der Waals surface area contributed by atoms with Crippen molar-refractivity contribution in [3.63, 3.8) is 0 Å². The van der Waals surface area contributed by atoms with Gasteiger partial charge >= 0.3 is 12.1 Å². The predicted molar refractivity (Wildman–Crippen MR) is 55.7 cm³/mol. The lowest BCUT2D eigenvalue weighted by Gasteiger charge is -2.34. The molecule has 0 bridgehead atoms.